The number of nitrogens with two attached hydrogens (primary N) is 1. The lowest BCUT2D eigenvalue weighted by atomic mass is 10.0. The molecule has 1 aliphatic carbocycles. The molecule has 2 atom stereocenters. The third-order valence-electron chi connectivity index (χ3n) is 5.10. The summed E-state index contributed by atoms with van der Waals surface area (Å²) in [5, 5.41) is 46.4. The summed E-state index contributed by atoms with van der Waals surface area (Å²) in [6.07, 6.45) is 1.43. The minimum Gasteiger partial charge on any atom is -0.481 e. The van der Waals surface area contributed by atoms with E-state index in [2.05, 4.69) is 16.4 Å². The molecule has 2 aromatic rings. The highest BCUT2D eigenvalue weighted by atomic mass is 32.1. The van der Waals surface area contributed by atoms with Crippen molar-refractivity contribution in [3.05, 3.63) is 35.2 Å². The number of anilines is 1. The highest BCUT2D eigenvalue weighted by molar-refractivity contribution is 7.16. The number of carbonyl (C=O) groups is 2. The Morgan fingerprint density at radius 2 is 1.75 bits per heavy atom. The Balaban J connectivity index is 0.000000390. The van der Waals surface area contributed by atoms with Gasteiger partial charge in [0.2, 0.25) is 5.91 Å². The number of aliphatic hydroxyl groups excluding tert-OH is 3. The van der Waals surface area contributed by atoms with Crippen molar-refractivity contribution in [2.45, 2.75) is 24.8 Å². The maximum atomic E-state index is 12.3. The molecular weight excluding hydrogens is 436 g/mol. The van der Waals surface area contributed by atoms with Crippen molar-refractivity contribution in [1.82, 2.24) is 4.98 Å². The van der Waals surface area contributed by atoms with Crippen LogP contribution in [0.15, 0.2) is 30.3 Å². The fourth-order valence-electron chi connectivity index (χ4n) is 3.04. The van der Waals surface area contributed by atoms with Crippen molar-refractivity contribution >= 4 is 28.3 Å². The first kappa shape index (κ1) is 25.4. The van der Waals surface area contributed by atoms with E-state index in [9.17, 15) is 14.9 Å². The molecule has 1 heterocycles. The zero-order valence-corrected chi connectivity index (χ0v) is 18.1. The molecular formula is C21H26N4O6S. The molecule has 1 aliphatic rings. The lowest BCUT2D eigenvalue weighted by Crippen LogP contribution is -2.50. The summed E-state index contributed by atoms with van der Waals surface area (Å²) < 4.78 is 0. The predicted molar refractivity (Wildman–Crippen MR) is 118 cm³/mol. The number of aromatic nitrogens is 1. The van der Waals surface area contributed by atoms with E-state index in [1.54, 1.807) is 0 Å². The van der Waals surface area contributed by atoms with Crippen LogP contribution in [-0.2, 0) is 9.59 Å². The van der Waals surface area contributed by atoms with Gasteiger partial charge in [-0.1, -0.05) is 41.7 Å². The standard InChI is InChI=1S/C17H15N3O3S.C4H11NO3/c18-9-13-14(10-4-2-1-3-5-10)19-17(24-13)20-15(21)11-6-7-12(8-11)16(22)23;5-4(1-6,2-7)3-8/h1-5,11-12H,6-8H2,(H,22,23)(H,19,20,21);6-8H,1-3,5H2/t11-,12+;/m0./s1. The molecule has 1 aromatic heterocycles. The number of amides is 1. The van der Waals surface area contributed by atoms with Gasteiger partial charge in [0.05, 0.1) is 31.3 Å². The summed E-state index contributed by atoms with van der Waals surface area (Å²) >= 11 is 1.13. The maximum Gasteiger partial charge on any atom is 0.306 e. The number of carboxylic acids is 1. The first-order valence-electron chi connectivity index (χ1n) is 9.88. The molecule has 1 fully saturated rings. The third-order valence-corrected chi connectivity index (χ3v) is 5.98. The molecule has 1 saturated carbocycles. The Labute approximate surface area is 189 Å². The van der Waals surface area contributed by atoms with Crippen LogP contribution >= 0.6 is 11.3 Å². The van der Waals surface area contributed by atoms with Crippen molar-refractivity contribution < 1.29 is 30.0 Å². The van der Waals surface area contributed by atoms with E-state index >= 15 is 0 Å². The number of rotatable bonds is 7. The summed E-state index contributed by atoms with van der Waals surface area (Å²) in [5.41, 5.74) is 5.30. The number of thiazole rings is 1. The first-order valence-corrected chi connectivity index (χ1v) is 10.7. The highest BCUT2D eigenvalue weighted by Crippen LogP contribution is 2.34. The molecule has 1 aromatic carbocycles. The molecule has 172 valence electrons. The summed E-state index contributed by atoms with van der Waals surface area (Å²) in [5.74, 6) is -1.85. The lowest BCUT2D eigenvalue weighted by molar-refractivity contribution is -0.141. The Bertz CT molecular complexity index is 947. The Hall–Kier alpha value is -2.88. The number of hydrogen-bond donors (Lipinski definition) is 6. The lowest BCUT2D eigenvalue weighted by Gasteiger charge is -2.20. The van der Waals surface area contributed by atoms with Gasteiger partial charge < -0.3 is 31.5 Å². The van der Waals surface area contributed by atoms with E-state index in [0.29, 0.717) is 35.0 Å². The Morgan fingerprint density at radius 1 is 1.16 bits per heavy atom. The van der Waals surface area contributed by atoms with Gasteiger partial charge in [0.1, 0.15) is 16.6 Å². The predicted octanol–water partition coefficient (Wildman–Crippen LogP) is 0.782. The van der Waals surface area contributed by atoms with Crippen molar-refractivity contribution in [3.63, 3.8) is 0 Å². The number of aliphatic hydroxyl groups is 3. The van der Waals surface area contributed by atoms with Crippen molar-refractivity contribution in [3.8, 4) is 17.3 Å². The van der Waals surface area contributed by atoms with Gasteiger partial charge in [0.15, 0.2) is 5.13 Å². The minimum atomic E-state index is -1.21. The number of nitrogens with one attached hydrogen (secondary N) is 1. The molecule has 0 bridgehead atoms. The van der Waals surface area contributed by atoms with E-state index in [1.165, 1.54) is 0 Å². The normalized spacial score (nSPS) is 17.7. The molecule has 1 amide bonds. The molecule has 10 nitrogen and oxygen atoms in total. The molecule has 7 N–H and O–H groups in total. The minimum absolute atomic E-state index is 0.225. The van der Waals surface area contributed by atoms with Crippen LogP contribution in [0.1, 0.15) is 24.1 Å². The van der Waals surface area contributed by atoms with Gasteiger partial charge in [-0.25, -0.2) is 4.98 Å². The van der Waals surface area contributed by atoms with E-state index < -0.39 is 37.2 Å². The van der Waals surface area contributed by atoms with Crippen molar-refractivity contribution in [2.75, 3.05) is 25.1 Å². The monoisotopic (exact) mass is 462 g/mol. The SMILES string of the molecule is N#Cc1sc(NC(=O)[C@H]2CC[C@@H](C(=O)O)C2)nc1-c1ccccc1.NC(CO)(CO)CO. The van der Waals surface area contributed by atoms with E-state index in [1.807, 2.05) is 30.3 Å². The fraction of sp³-hybridized carbons (Fsp3) is 0.429. The fourth-order valence-corrected chi connectivity index (χ4v) is 3.83. The van der Waals surface area contributed by atoms with Gasteiger partial charge in [-0.2, -0.15) is 5.26 Å². The second kappa shape index (κ2) is 11.7. The largest absolute Gasteiger partial charge is 0.481 e. The van der Waals surface area contributed by atoms with Gasteiger partial charge in [0, 0.05) is 11.5 Å². The highest BCUT2D eigenvalue weighted by Gasteiger charge is 2.34. The van der Waals surface area contributed by atoms with Gasteiger partial charge in [-0.3, -0.25) is 9.59 Å². The molecule has 0 aliphatic heterocycles. The summed E-state index contributed by atoms with van der Waals surface area (Å²) in [6, 6.07) is 11.4. The number of nitrogens with zero attached hydrogens (tertiary/aromatic N) is 2. The summed E-state index contributed by atoms with van der Waals surface area (Å²) in [7, 11) is 0. The van der Waals surface area contributed by atoms with Crippen molar-refractivity contribution in [1.29, 1.82) is 5.26 Å². The second-order valence-electron chi connectivity index (χ2n) is 7.55. The third kappa shape index (κ3) is 6.56. The summed E-state index contributed by atoms with van der Waals surface area (Å²) in [6.45, 7) is -1.21. The molecule has 32 heavy (non-hydrogen) atoms. The van der Waals surface area contributed by atoms with Crippen molar-refractivity contribution in [2.24, 2.45) is 17.6 Å². The number of benzene rings is 1. The topological polar surface area (TPSA) is 190 Å². The van der Waals surface area contributed by atoms with Crippen LogP contribution in [0, 0.1) is 23.2 Å². The van der Waals surface area contributed by atoms with Crippen LogP contribution in [0.4, 0.5) is 5.13 Å². The molecule has 3 rings (SSSR count). The van der Waals surface area contributed by atoms with Crippen LogP contribution in [-0.4, -0.2) is 62.6 Å². The van der Waals surface area contributed by atoms with Crippen LogP contribution in [0.2, 0.25) is 0 Å². The Kier molecular flexibility index (Phi) is 9.25. The summed E-state index contributed by atoms with van der Waals surface area (Å²) in [4.78, 5) is 28.1. The maximum absolute atomic E-state index is 12.3. The number of carboxylic acid groups (broad SMARTS) is 1. The average Bonchev–Trinajstić information content (AvgIpc) is 3.47. The van der Waals surface area contributed by atoms with Gasteiger partial charge in [0.25, 0.3) is 0 Å². The first-order chi connectivity index (χ1) is 15.3. The number of hydrogen-bond acceptors (Lipinski definition) is 9. The molecule has 0 saturated heterocycles. The van der Waals surface area contributed by atoms with E-state index in [4.69, 9.17) is 26.2 Å². The van der Waals surface area contributed by atoms with E-state index in [0.717, 1.165) is 16.9 Å². The zero-order chi connectivity index (χ0) is 23.7. The van der Waals surface area contributed by atoms with Crippen LogP contribution < -0.4 is 11.1 Å². The van der Waals surface area contributed by atoms with Gasteiger partial charge in [-0.15, -0.1) is 0 Å². The van der Waals surface area contributed by atoms with Gasteiger partial charge >= 0.3 is 5.97 Å². The second-order valence-corrected chi connectivity index (χ2v) is 8.54. The Morgan fingerprint density at radius 3 is 2.22 bits per heavy atom. The average molecular weight is 463 g/mol. The van der Waals surface area contributed by atoms with Crippen LogP contribution in [0.5, 0.6) is 0 Å². The van der Waals surface area contributed by atoms with Crippen LogP contribution in [0.3, 0.4) is 0 Å². The molecule has 0 unspecified atom stereocenters. The zero-order valence-electron chi connectivity index (χ0n) is 17.3. The number of aliphatic carboxylic acids is 1. The molecule has 0 spiro atoms. The molecule has 0 radical (unpaired) electrons. The van der Waals surface area contributed by atoms with E-state index in [-0.39, 0.29) is 11.8 Å². The molecule has 11 heteroatoms. The number of nitriles is 1. The van der Waals surface area contributed by atoms with Crippen LogP contribution in [0.25, 0.3) is 11.3 Å². The van der Waals surface area contributed by atoms with Gasteiger partial charge in [-0.05, 0) is 19.3 Å². The smallest absolute Gasteiger partial charge is 0.306 e. The quantitative estimate of drug-likeness (QED) is 0.345. The number of carbonyl (C=O) groups excluding carboxylic acids is 1.